The van der Waals surface area contributed by atoms with E-state index in [1.807, 2.05) is 43.3 Å². The van der Waals surface area contributed by atoms with E-state index in [4.69, 9.17) is 11.6 Å². The number of benzene rings is 2. The van der Waals surface area contributed by atoms with Crippen molar-refractivity contribution in [3.63, 3.8) is 0 Å². The molecule has 0 saturated heterocycles. The number of para-hydroxylation sites is 2. The first-order valence-corrected chi connectivity index (χ1v) is 8.28. The average molecular weight is 326 g/mol. The fourth-order valence-electron chi connectivity index (χ4n) is 3.54. The van der Waals surface area contributed by atoms with Crippen LogP contribution < -0.4 is 0 Å². The van der Waals surface area contributed by atoms with Crippen LogP contribution in [0.25, 0.3) is 21.8 Å². The normalized spacial score (nSPS) is 20.6. The van der Waals surface area contributed by atoms with Gasteiger partial charge in [0, 0.05) is 16.3 Å². The minimum Gasteiger partial charge on any atom is -0.291 e. The molecule has 0 spiro atoms. The van der Waals surface area contributed by atoms with Crippen molar-refractivity contribution < 1.29 is 9.59 Å². The van der Waals surface area contributed by atoms with E-state index < -0.39 is 4.87 Å². The first-order chi connectivity index (χ1) is 11.1. The number of Topliss-reactive ketones (excluding diaryl/α,β-unsaturated/α-hetero) is 1. The summed E-state index contributed by atoms with van der Waals surface area (Å²) in [4.78, 5) is 24.6. The second kappa shape index (κ2) is 4.93. The fourth-order valence-corrected chi connectivity index (χ4v) is 3.86. The van der Waals surface area contributed by atoms with E-state index in [0.29, 0.717) is 17.5 Å². The summed E-state index contributed by atoms with van der Waals surface area (Å²) < 4.78 is 1.64. The third kappa shape index (κ3) is 1.77. The van der Waals surface area contributed by atoms with Gasteiger partial charge in [-0.1, -0.05) is 61.7 Å². The number of carbonyl (C=O) groups is 2. The Balaban J connectivity index is 2.11. The average Bonchev–Trinajstić information content (AvgIpc) is 2.92. The third-order valence-corrected chi connectivity index (χ3v) is 5.24. The number of nitrogens with zero attached hydrogens (tertiary/aromatic N) is 1. The number of fused-ring (bicyclic) bond motifs is 3. The van der Waals surface area contributed by atoms with Gasteiger partial charge in [0.15, 0.2) is 10.7 Å². The van der Waals surface area contributed by atoms with Crippen molar-refractivity contribution in [2.24, 2.45) is 0 Å². The Kier molecular flexibility index (Phi) is 3.10. The molecule has 2 aromatic carbocycles. The van der Waals surface area contributed by atoms with E-state index in [9.17, 15) is 9.59 Å². The number of aromatic nitrogens is 1. The number of rotatable bonds is 3. The predicted molar refractivity (Wildman–Crippen MR) is 92.5 cm³/mol. The Morgan fingerprint density at radius 3 is 2.57 bits per heavy atom. The molecule has 0 fully saturated rings. The van der Waals surface area contributed by atoms with Crippen LogP contribution in [-0.2, 0) is 0 Å². The van der Waals surface area contributed by atoms with Crippen LogP contribution in [-0.4, -0.2) is 21.1 Å². The minimum absolute atomic E-state index is 0.265. The van der Waals surface area contributed by atoms with Gasteiger partial charge in [0.25, 0.3) is 5.91 Å². The number of carbonyl (C=O) groups excluding carboxylic acids is 2. The Bertz CT molecular complexity index is 972. The molecule has 3 nitrogen and oxygen atoms in total. The zero-order valence-corrected chi connectivity index (χ0v) is 13.6. The largest absolute Gasteiger partial charge is 0.291 e. The van der Waals surface area contributed by atoms with Gasteiger partial charge in [-0.15, -0.1) is 0 Å². The summed E-state index contributed by atoms with van der Waals surface area (Å²) in [5.41, 5.74) is 2.05. The predicted octanol–water partition coefficient (Wildman–Crippen LogP) is 4.80. The molecular formula is C19H16ClNO2. The van der Waals surface area contributed by atoms with Gasteiger partial charge in [0.1, 0.15) is 0 Å². The summed E-state index contributed by atoms with van der Waals surface area (Å²) >= 11 is 6.60. The van der Waals surface area contributed by atoms with Gasteiger partial charge in [-0.3, -0.25) is 14.2 Å². The van der Waals surface area contributed by atoms with Crippen LogP contribution in [0.3, 0.4) is 0 Å². The van der Waals surface area contributed by atoms with E-state index in [-0.39, 0.29) is 11.7 Å². The van der Waals surface area contributed by atoms with Gasteiger partial charge in [0.2, 0.25) is 0 Å². The summed E-state index contributed by atoms with van der Waals surface area (Å²) in [6, 6.07) is 13.3. The molecule has 1 aromatic heterocycles. The number of halogens is 1. The van der Waals surface area contributed by atoms with Gasteiger partial charge >= 0.3 is 0 Å². The minimum atomic E-state index is -1.49. The number of ketones is 1. The highest BCUT2D eigenvalue weighted by Gasteiger charge is 2.49. The molecule has 116 valence electrons. The van der Waals surface area contributed by atoms with E-state index in [1.54, 1.807) is 10.6 Å². The van der Waals surface area contributed by atoms with Gasteiger partial charge in [-0.05, 0) is 18.6 Å². The number of alkyl halides is 1. The van der Waals surface area contributed by atoms with Crippen molar-refractivity contribution in [3.05, 3.63) is 48.0 Å². The van der Waals surface area contributed by atoms with Crippen LogP contribution in [0.4, 0.5) is 0 Å². The maximum atomic E-state index is 13.1. The van der Waals surface area contributed by atoms with E-state index in [0.717, 1.165) is 29.1 Å². The first-order valence-electron chi connectivity index (χ1n) is 7.90. The Morgan fingerprint density at radius 2 is 1.78 bits per heavy atom. The molecule has 0 aliphatic carbocycles. The summed E-state index contributed by atoms with van der Waals surface area (Å²) in [5.74, 6) is -0.582. The van der Waals surface area contributed by atoms with Gasteiger partial charge in [0.05, 0.1) is 11.0 Å². The highest BCUT2D eigenvalue weighted by atomic mass is 35.5. The Hall–Kier alpha value is -2.13. The molecule has 0 bridgehead atoms. The second-order valence-corrected chi connectivity index (χ2v) is 6.74. The van der Waals surface area contributed by atoms with E-state index in [2.05, 4.69) is 0 Å². The van der Waals surface area contributed by atoms with Crippen molar-refractivity contribution in [2.75, 3.05) is 0 Å². The SMILES string of the molecule is CCCCC1(Cl)C(=O)c2cccc3c4ccccc4n(c23)C1=O. The van der Waals surface area contributed by atoms with Crippen LogP contribution in [0.1, 0.15) is 41.3 Å². The van der Waals surface area contributed by atoms with Gasteiger partial charge < -0.3 is 0 Å². The molecule has 1 aliphatic rings. The molecule has 4 heteroatoms. The third-order valence-electron chi connectivity index (χ3n) is 4.72. The standard InChI is InChI=1S/C19H16ClNO2/c1-2-3-11-19(20)17(22)14-9-6-8-13-12-7-4-5-10-15(12)21(16(13)14)18(19)23/h4-10H,2-3,11H2,1H3. The molecular weight excluding hydrogens is 310 g/mol. The lowest BCUT2D eigenvalue weighted by Gasteiger charge is -2.29. The molecule has 4 rings (SSSR count). The molecule has 23 heavy (non-hydrogen) atoms. The number of hydrogen-bond donors (Lipinski definition) is 0. The highest BCUT2D eigenvalue weighted by molar-refractivity contribution is 6.52. The lowest BCUT2D eigenvalue weighted by Crippen LogP contribution is -2.47. The maximum Gasteiger partial charge on any atom is 0.260 e. The monoisotopic (exact) mass is 325 g/mol. The molecule has 0 saturated carbocycles. The van der Waals surface area contributed by atoms with Crippen molar-refractivity contribution in [2.45, 2.75) is 31.1 Å². The maximum absolute atomic E-state index is 13.1. The van der Waals surface area contributed by atoms with Crippen molar-refractivity contribution >= 4 is 45.1 Å². The van der Waals surface area contributed by atoms with E-state index in [1.165, 1.54) is 0 Å². The molecule has 1 atom stereocenters. The second-order valence-electron chi connectivity index (χ2n) is 6.09. The summed E-state index contributed by atoms with van der Waals surface area (Å²) in [6.07, 6.45) is 2.00. The molecule has 1 aliphatic heterocycles. The first kappa shape index (κ1) is 14.5. The fraction of sp³-hybridized carbons (Fsp3) is 0.263. The highest BCUT2D eigenvalue weighted by Crippen LogP contribution is 2.41. The molecule has 0 amide bonds. The van der Waals surface area contributed by atoms with Crippen LogP contribution in [0.5, 0.6) is 0 Å². The summed E-state index contributed by atoms with van der Waals surface area (Å²) in [7, 11) is 0. The Labute approximate surface area is 138 Å². The summed E-state index contributed by atoms with van der Waals surface area (Å²) in [5, 5.41) is 1.90. The van der Waals surface area contributed by atoms with E-state index >= 15 is 0 Å². The van der Waals surface area contributed by atoms with Crippen LogP contribution in [0, 0.1) is 0 Å². The molecule has 0 N–H and O–H groups in total. The van der Waals surface area contributed by atoms with Crippen LogP contribution >= 0.6 is 11.6 Å². The number of hydrogen-bond acceptors (Lipinski definition) is 2. The topological polar surface area (TPSA) is 39.1 Å². The van der Waals surface area contributed by atoms with Crippen LogP contribution in [0.15, 0.2) is 42.5 Å². The Morgan fingerprint density at radius 1 is 1.04 bits per heavy atom. The quantitative estimate of drug-likeness (QED) is 0.512. The van der Waals surface area contributed by atoms with Gasteiger partial charge in [-0.2, -0.15) is 0 Å². The zero-order valence-electron chi connectivity index (χ0n) is 12.8. The molecule has 2 heterocycles. The van der Waals surface area contributed by atoms with Gasteiger partial charge in [-0.25, -0.2) is 0 Å². The van der Waals surface area contributed by atoms with Crippen molar-refractivity contribution in [3.8, 4) is 0 Å². The number of unbranched alkanes of at least 4 members (excludes halogenated alkanes) is 1. The van der Waals surface area contributed by atoms with Crippen LogP contribution in [0.2, 0.25) is 0 Å². The molecule has 1 unspecified atom stereocenters. The summed E-state index contributed by atoms with van der Waals surface area (Å²) in [6.45, 7) is 2.02. The molecule has 3 aromatic rings. The lowest BCUT2D eigenvalue weighted by molar-refractivity contribution is 0.0765. The smallest absolute Gasteiger partial charge is 0.260 e. The lowest BCUT2D eigenvalue weighted by atomic mass is 9.87. The molecule has 0 radical (unpaired) electrons. The zero-order chi connectivity index (χ0) is 16.2. The van der Waals surface area contributed by atoms with Crippen molar-refractivity contribution in [1.29, 1.82) is 0 Å². The van der Waals surface area contributed by atoms with Crippen molar-refractivity contribution in [1.82, 2.24) is 4.57 Å².